The minimum absolute atomic E-state index is 0.0343. The first-order valence-corrected chi connectivity index (χ1v) is 10.6. The van der Waals surface area contributed by atoms with Gasteiger partial charge in [-0.3, -0.25) is 4.79 Å². The number of rotatable bonds is 8. The van der Waals surface area contributed by atoms with Gasteiger partial charge in [0.1, 0.15) is 5.75 Å². The maximum absolute atomic E-state index is 12.4. The van der Waals surface area contributed by atoms with E-state index in [-0.39, 0.29) is 18.4 Å². The summed E-state index contributed by atoms with van der Waals surface area (Å²) in [4.78, 5) is 12.4. The van der Waals surface area contributed by atoms with Crippen molar-refractivity contribution in [2.24, 2.45) is 5.10 Å². The molecule has 1 N–H and O–H groups in total. The molecule has 0 aliphatic carbocycles. The van der Waals surface area contributed by atoms with Gasteiger partial charge >= 0.3 is 0 Å². The maximum Gasteiger partial charge on any atom is 0.277 e. The van der Waals surface area contributed by atoms with Crippen LogP contribution in [0.5, 0.6) is 5.75 Å². The zero-order valence-electron chi connectivity index (χ0n) is 18.6. The first-order valence-electron chi connectivity index (χ1n) is 10.6. The monoisotopic (exact) mass is 414 g/mol. The predicted octanol–water partition coefficient (Wildman–Crippen LogP) is 5.82. The first-order chi connectivity index (χ1) is 15.0. The summed E-state index contributed by atoms with van der Waals surface area (Å²) < 4.78 is 5.82. The number of carbonyl (C=O) groups excluding carboxylic acids is 1. The maximum atomic E-state index is 12.4. The number of hydrazone groups is 1. The molecule has 3 aromatic rings. The van der Waals surface area contributed by atoms with E-state index in [1.54, 1.807) is 0 Å². The van der Waals surface area contributed by atoms with E-state index in [1.165, 1.54) is 0 Å². The second kappa shape index (κ2) is 10.6. The van der Waals surface area contributed by atoms with Crippen LogP contribution in [0.3, 0.4) is 0 Å². The molecule has 0 aromatic heterocycles. The largest absolute Gasteiger partial charge is 0.483 e. The summed E-state index contributed by atoms with van der Waals surface area (Å²) in [6.07, 6.45) is 0. The molecule has 0 saturated heterocycles. The van der Waals surface area contributed by atoms with Crippen molar-refractivity contribution in [2.45, 2.75) is 39.5 Å². The lowest BCUT2D eigenvalue weighted by molar-refractivity contribution is -0.123. The van der Waals surface area contributed by atoms with E-state index in [0.717, 1.165) is 33.7 Å². The standard InChI is InChI=1S/C27H30N2O2/c1-19(2)24-16-15-20(3)17-25(24)31-18-26(30)29-28-21(4)27(22-11-7-5-8-12-22)23-13-9-6-10-14-23/h5-17,19,27H,18H2,1-4H3,(H,29,30)/b28-21+. The van der Waals surface area contributed by atoms with Gasteiger partial charge < -0.3 is 4.74 Å². The number of hydrogen-bond donors (Lipinski definition) is 1. The predicted molar refractivity (Wildman–Crippen MR) is 127 cm³/mol. The Morgan fingerprint density at radius 3 is 2.06 bits per heavy atom. The quantitative estimate of drug-likeness (QED) is 0.373. The normalized spacial score (nSPS) is 11.6. The van der Waals surface area contributed by atoms with Gasteiger partial charge in [-0.25, -0.2) is 5.43 Å². The summed E-state index contributed by atoms with van der Waals surface area (Å²) in [6.45, 7) is 8.08. The van der Waals surface area contributed by atoms with Crippen LogP contribution >= 0.6 is 0 Å². The number of amides is 1. The van der Waals surface area contributed by atoms with Gasteiger partial charge in [0, 0.05) is 11.6 Å². The third kappa shape index (κ3) is 6.05. The van der Waals surface area contributed by atoms with Gasteiger partial charge in [-0.1, -0.05) is 86.6 Å². The highest BCUT2D eigenvalue weighted by Crippen LogP contribution is 2.28. The van der Waals surface area contributed by atoms with Gasteiger partial charge in [-0.05, 0) is 48.1 Å². The molecule has 0 unspecified atom stereocenters. The molecule has 0 aliphatic rings. The molecule has 4 nitrogen and oxygen atoms in total. The van der Waals surface area contributed by atoms with Crippen molar-refractivity contribution in [1.82, 2.24) is 5.43 Å². The summed E-state index contributed by atoms with van der Waals surface area (Å²) in [6, 6.07) is 26.4. The molecular weight excluding hydrogens is 384 g/mol. The van der Waals surface area contributed by atoms with Gasteiger partial charge in [0.05, 0.1) is 0 Å². The Labute approximate surface area is 185 Å². The zero-order chi connectivity index (χ0) is 22.2. The Kier molecular flexibility index (Phi) is 7.60. The minimum Gasteiger partial charge on any atom is -0.483 e. The Bertz CT molecular complexity index is 988. The van der Waals surface area contributed by atoms with E-state index >= 15 is 0 Å². The van der Waals surface area contributed by atoms with Gasteiger partial charge in [0.15, 0.2) is 6.61 Å². The summed E-state index contributed by atoms with van der Waals surface area (Å²) in [5.74, 6) is 0.747. The van der Waals surface area contributed by atoms with Crippen molar-refractivity contribution in [3.63, 3.8) is 0 Å². The van der Waals surface area contributed by atoms with Crippen LogP contribution in [-0.2, 0) is 4.79 Å². The highest BCUT2D eigenvalue weighted by molar-refractivity contribution is 5.93. The van der Waals surface area contributed by atoms with Crippen molar-refractivity contribution >= 4 is 11.6 Å². The fraction of sp³-hybridized carbons (Fsp3) is 0.259. The number of nitrogens with one attached hydrogen (secondary N) is 1. The molecule has 0 bridgehead atoms. The highest BCUT2D eigenvalue weighted by atomic mass is 16.5. The molecule has 3 aromatic carbocycles. The number of aryl methyl sites for hydroxylation is 1. The number of carbonyl (C=O) groups is 1. The molecule has 0 aliphatic heterocycles. The van der Waals surface area contributed by atoms with Gasteiger partial charge in [-0.15, -0.1) is 0 Å². The van der Waals surface area contributed by atoms with Crippen LogP contribution in [0, 0.1) is 6.92 Å². The number of nitrogens with zero attached hydrogens (tertiary/aromatic N) is 1. The third-order valence-electron chi connectivity index (χ3n) is 5.19. The topological polar surface area (TPSA) is 50.7 Å². The first kappa shape index (κ1) is 22.3. The lowest BCUT2D eigenvalue weighted by Crippen LogP contribution is -2.27. The van der Waals surface area contributed by atoms with Crippen LogP contribution in [0.1, 0.15) is 54.9 Å². The molecule has 0 heterocycles. The van der Waals surface area contributed by atoms with E-state index in [2.05, 4.69) is 60.8 Å². The lowest BCUT2D eigenvalue weighted by Gasteiger charge is -2.18. The Balaban J connectivity index is 1.71. The van der Waals surface area contributed by atoms with Crippen LogP contribution in [0.15, 0.2) is 84.0 Å². The lowest BCUT2D eigenvalue weighted by atomic mass is 9.88. The molecule has 0 fully saturated rings. The molecule has 1 amide bonds. The van der Waals surface area contributed by atoms with E-state index in [1.807, 2.05) is 56.3 Å². The molecule has 4 heteroatoms. The number of hydrogen-bond acceptors (Lipinski definition) is 3. The minimum atomic E-state index is -0.282. The van der Waals surface area contributed by atoms with Crippen LogP contribution < -0.4 is 10.2 Å². The molecule has 3 rings (SSSR count). The second-order valence-corrected chi connectivity index (χ2v) is 8.03. The fourth-order valence-electron chi connectivity index (χ4n) is 3.60. The average Bonchev–Trinajstić information content (AvgIpc) is 2.78. The summed E-state index contributed by atoms with van der Waals surface area (Å²) in [5, 5.41) is 4.40. The van der Waals surface area contributed by atoms with Crippen LogP contribution in [0.25, 0.3) is 0 Å². The van der Waals surface area contributed by atoms with Gasteiger partial charge in [-0.2, -0.15) is 5.10 Å². The van der Waals surface area contributed by atoms with E-state index in [0.29, 0.717) is 5.92 Å². The van der Waals surface area contributed by atoms with Crippen LogP contribution in [0.4, 0.5) is 0 Å². The van der Waals surface area contributed by atoms with Crippen molar-refractivity contribution < 1.29 is 9.53 Å². The smallest absolute Gasteiger partial charge is 0.277 e. The Morgan fingerprint density at radius 1 is 0.935 bits per heavy atom. The van der Waals surface area contributed by atoms with Crippen molar-refractivity contribution in [3.8, 4) is 5.75 Å². The average molecular weight is 415 g/mol. The molecule has 0 radical (unpaired) electrons. The SMILES string of the molecule is C/C(=N\NC(=O)COc1cc(C)ccc1C(C)C)C(c1ccccc1)c1ccccc1. The van der Waals surface area contributed by atoms with Crippen molar-refractivity contribution in [2.75, 3.05) is 6.61 Å². The summed E-state index contributed by atoms with van der Waals surface area (Å²) in [5.41, 5.74) is 7.91. The van der Waals surface area contributed by atoms with Crippen LogP contribution in [-0.4, -0.2) is 18.2 Å². The van der Waals surface area contributed by atoms with Crippen molar-refractivity contribution in [3.05, 3.63) is 101 Å². The molecule has 160 valence electrons. The van der Waals surface area contributed by atoms with E-state index in [4.69, 9.17) is 4.74 Å². The zero-order valence-corrected chi connectivity index (χ0v) is 18.6. The summed E-state index contributed by atoms with van der Waals surface area (Å²) in [7, 11) is 0. The third-order valence-corrected chi connectivity index (χ3v) is 5.19. The number of benzene rings is 3. The second-order valence-electron chi connectivity index (χ2n) is 8.03. The van der Waals surface area contributed by atoms with Gasteiger partial charge in [0.25, 0.3) is 5.91 Å². The van der Waals surface area contributed by atoms with E-state index in [9.17, 15) is 4.79 Å². The molecule has 31 heavy (non-hydrogen) atoms. The Hall–Kier alpha value is -3.40. The fourth-order valence-corrected chi connectivity index (χ4v) is 3.60. The molecule has 0 saturated carbocycles. The molecular formula is C27H30N2O2. The Morgan fingerprint density at radius 2 is 1.52 bits per heavy atom. The molecule has 0 atom stereocenters. The van der Waals surface area contributed by atoms with Crippen LogP contribution in [0.2, 0.25) is 0 Å². The highest BCUT2D eigenvalue weighted by Gasteiger charge is 2.18. The number of ether oxygens (including phenoxy) is 1. The van der Waals surface area contributed by atoms with E-state index < -0.39 is 0 Å². The molecule has 0 spiro atoms. The van der Waals surface area contributed by atoms with Crippen molar-refractivity contribution in [1.29, 1.82) is 0 Å². The van der Waals surface area contributed by atoms with Gasteiger partial charge in [0.2, 0.25) is 0 Å². The summed E-state index contributed by atoms with van der Waals surface area (Å²) >= 11 is 0.